The second-order valence-corrected chi connectivity index (χ2v) is 15.1. The fourth-order valence-corrected chi connectivity index (χ4v) is 7.40. The molecule has 5 nitrogen and oxygen atoms in total. The first-order chi connectivity index (χ1) is 24.4. The largest absolute Gasteiger partial charge is 2.00 e. The average Bonchev–Trinajstić information content (AvgIpc) is 3.59. The number of benzene rings is 4. The van der Waals surface area contributed by atoms with E-state index in [1.54, 1.807) is 0 Å². The molecule has 0 amide bonds. The number of nitrogens with zero attached hydrogens (tertiary/aromatic N) is 4. The monoisotopic (exact) mass is 778 g/mol. The van der Waals surface area contributed by atoms with E-state index < -0.39 is 0 Å². The Morgan fingerprint density at radius 2 is 1.50 bits per heavy atom. The Balaban J connectivity index is 0.00000464. The molecule has 0 fully saturated rings. The van der Waals surface area contributed by atoms with Gasteiger partial charge in [-0.15, -0.1) is 41.3 Å². The molecule has 0 saturated carbocycles. The predicted octanol–water partition coefficient (Wildman–Crippen LogP) is 11.9. The summed E-state index contributed by atoms with van der Waals surface area (Å²) < 4.78 is 10.9. The van der Waals surface area contributed by atoms with Crippen LogP contribution in [0.2, 0.25) is 0 Å². The molecule has 0 aliphatic carbocycles. The van der Waals surface area contributed by atoms with Crippen molar-refractivity contribution in [1.29, 1.82) is 0 Å². The van der Waals surface area contributed by atoms with Gasteiger partial charge in [0.1, 0.15) is 5.82 Å². The van der Waals surface area contributed by atoms with Gasteiger partial charge in [0.15, 0.2) is 0 Å². The normalized spacial score (nSPS) is 11.8. The molecule has 3 heterocycles. The minimum Gasteiger partial charge on any atom is -0.509 e. The van der Waals surface area contributed by atoms with Gasteiger partial charge < -0.3 is 9.30 Å². The Morgan fingerprint density at radius 3 is 2.17 bits per heavy atom. The molecule has 6 heteroatoms. The summed E-state index contributed by atoms with van der Waals surface area (Å²) in [5.74, 6) is 2.51. The zero-order valence-electron chi connectivity index (χ0n) is 32.0. The minimum absolute atomic E-state index is 0. The second kappa shape index (κ2) is 14.5. The van der Waals surface area contributed by atoms with Crippen molar-refractivity contribution < 1.29 is 25.2 Å². The third-order valence-corrected chi connectivity index (χ3v) is 10.1. The smallest absolute Gasteiger partial charge is 0.509 e. The number of hydrogen-bond acceptors (Lipinski definition) is 3. The van der Waals surface area contributed by atoms with Crippen LogP contribution in [0.3, 0.4) is 0 Å². The molecule has 3 aromatic heterocycles. The molecule has 4 aromatic carbocycles. The molecule has 268 valence electrons. The first-order valence-electron chi connectivity index (χ1n) is 18.2. The molecule has 0 aliphatic heterocycles. The van der Waals surface area contributed by atoms with Crippen molar-refractivity contribution in [2.75, 3.05) is 0 Å². The van der Waals surface area contributed by atoms with Crippen LogP contribution in [-0.2, 0) is 38.7 Å². The number of hydrogen-bond donors (Lipinski definition) is 0. The summed E-state index contributed by atoms with van der Waals surface area (Å²) in [5.41, 5.74) is 13.8. The number of pyridine rings is 1. The topological polar surface area (TPSA) is 44.9 Å². The van der Waals surface area contributed by atoms with Crippen LogP contribution in [0.1, 0.15) is 93.6 Å². The van der Waals surface area contributed by atoms with Crippen molar-refractivity contribution in [3.8, 4) is 34.1 Å². The molecular weight excluding hydrogens is 731 g/mol. The molecule has 7 rings (SSSR count). The molecule has 0 radical (unpaired) electrons. The van der Waals surface area contributed by atoms with Crippen LogP contribution in [0.5, 0.6) is 11.5 Å². The predicted molar refractivity (Wildman–Crippen MR) is 211 cm³/mol. The van der Waals surface area contributed by atoms with Gasteiger partial charge in [-0.1, -0.05) is 89.9 Å². The Hall–Kier alpha value is -4.50. The van der Waals surface area contributed by atoms with Gasteiger partial charge in [0, 0.05) is 34.5 Å². The molecule has 0 spiro atoms. The zero-order chi connectivity index (χ0) is 36.2. The van der Waals surface area contributed by atoms with Gasteiger partial charge in [0.2, 0.25) is 0 Å². The first-order valence-corrected chi connectivity index (χ1v) is 18.2. The minimum atomic E-state index is -0.129. The van der Waals surface area contributed by atoms with Crippen molar-refractivity contribution in [2.24, 2.45) is 0 Å². The van der Waals surface area contributed by atoms with E-state index in [2.05, 4.69) is 153 Å². The van der Waals surface area contributed by atoms with E-state index in [-0.39, 0.29) is 25.8 Å². The van der Waals surface area contributed by atoms with E-state index in [0.29, 0.717) is 17.4 Å². The Labute approximate surface area is 322 Å². The quantitative estimate of drug-likeness (QED) is 0.114. The van der Waals surface area contributed by atoms with Crippen LogP contribution >= 0.6 is 0 Å². The van der Waals surface area contributed by atoms with E-state index in [1.165, 1.54) is 33.4 Å². The van der Waals surface area contributed by atoms with Crippen LogP contribution < -0.4 is 4.74 Å². The summed E-state index contributed by atoms with van der Waals surface area (Å²) in [4.78, 5) is 4.81. The van der Waals surface area contributed by atoms with Gasteiger partial charge in [-0.05, 0) is 96.5 Å². The molecule has 0 bridgehead atoms. The van der Waals surface area contributed by atoms with Crippen molar-refractivity contribution in [2.45, 2.75) is 93.4 Å². The molecule has 0 unspecified atom stereocenters. The van der Waals surface area contributed by atoms with Gasteiger partial charge in [-0.3, -0.25) is 4.68 Å². The van der Waals surface area contributed by atoms with Crippen molar-refractivity contribution >= 4 is 21.8 Å². The van der Waals surface area contributed by atoms with Gasteiger partial charge >= 0.3 is 20.4 Å². The van der Waals surface area contributed by atoms with Gasteiger partial charge in [0.05, 0.1) is 5.69 Å². The van der Waals surface area contributed by atoms with Crippen LogP contribution in [0.4, 0.5) is 0 Å². The Morgan fingerprint density at radius 1 is 0.788 bits per heavy atom. The fraction of sp³-hybridized carbons (Fsp3) is 0.304. The van der Waals surface area contributed by atoms with Crippen molar-refractivity contribution in [3.63, 3.8) is 0 Å². The molecule has 52 heavy (non-hydrogen) atoms. The summed E-state index contributed by atoms with van der Waals surface area (Å²) in [6.45, 7) is 22.1. The standard InChI is InChI=1S/C46H48N4O.Pd/c1-11-32-21-29(5)22-33(12-2)45(32)44-30(6)48-50(31(44)7)36-24-35(46(8,9)10)25-38(26-36)51-37-17-18-40-39-15-13-14-16-41(39)49(42(40)27-37)43-23-34(28(3)4)19-20-47-43;/h13-25,28H,11-12H2,1-10H3;/q-2;+2. The number of aromatic nitrogens is 4. The van der Waals surface area contributed by atoms with E-state index in [4.69, 9.17) is 14.8 Å². The second-order valence-electron chi connectivity index (χ2n) is 15.1. The third kappa shape index (κ3) is 6.75. The van der Waals surface area contributed by atoms with Crippen molar-refractivity contribution in [3.05, 3.63) is 130 Å². The molecule has 7 aromatic rings. The van der Waals surface area contributed by atoms with Crippen LogP contribution in [0, 0.1) is 32.9 Å². The number of rotatable bonds is 8. The number of ether oxygens (including phenoxy) is 1. The van der Waals surface area contributed by atoms with E-state index in [1.807, 2.05) is 16.9 Å². The average molecular weight is 779 g/mol. The summed E-state index contributed by atoms with van der Waals surface area (Å²) in [7, 11) is 0. The van der Waals surface area contributed by atoms with Crippen LogP contribution in [-0.4, -0.2) is 19.3 Å². The van der Waals surface area contributed by atoms with E-state index in [9.17, 15) is 0 Å². The molecule has 0 aliphatic rings. The SMILES string of the molecule is CCc1cc(C)cc(CC)c1-c1c(C)nn(-c2[c-]c(Oc3[c-]c4c(cc3)c3ccccc3n4-c3cc(C(C)C)ccn3)cc(C(C)(C)C)c2)c1C.[Pd+2]. The Bertz CT molecular complexity index is 2400. The number of para-hydroxylation sites is 1. The molecule has 0 saturated heterocycles. The zero-order valence-corrected chi connectivity index (χ0v) is 33.6. The summed E-state index contributed by atoms with van der Waals surface area (Å²) in [5, 5.41) is 7.40. The fourth-order valence-electron chi connectivity index (χ4n) is 7.40. The maximum Gasteiger partial charge on any atom is 2.00 e. The summed E-state index contributed by atoms with van der Waals surface area (Å²) in [6.07, 6.45) is 3.84. The van der Waals surface area contributed by atoms with Crippen molar-refractivity contribution in [1.82, 2.24) is 19.3 Å². The van der Waals surface area contributed by atoms with Gasteiger partial charge in [-0.25, -0.2) is 4.98 Å². The van der Waals surface area contributed by atoms with Gasteiger partial charge in [-0.2, -0.15) is 11.2 Å². The van der Waals surface area contributed by atoms with Crippen LogP contribution in [0.25, 0.3) is 44.4 Å². The maximum atomic E-state index is 6.70. The Kier molecular flexibility index (Phi) is 10.4. The third-order valence-electron chi connectivity index (χ3n) is 10.1. The van der Waals surface area contributed by atoms with E-state index in [0.717, 1.165) is 63.1 Å². The summed E-state index contributed by atoms with van der Waals surface area (Å²) in [6, 6.07) is 33.1. The summed E-state index contributed by atoms with van der Waals surface area (Å²) >= 11 is 0. The molecular formula is C46H48N4OPd. The molecule has 0 N–H and O–H groups in total. The van der Waals surface area contributed by atoms with E-state index >= 15 is 0 Å². The van der Waals surface area contributed by atoms with Gasteiger partial charge in [0.25, 0.3) is 0 Å². The van der Waals surface area contributed by atoms with Crippen LogP contribution in [0.15, 0.2) is 79.0 Å². The maximum absolute atomic E-state index is 6.70. The number of fused-ring (bicyclic) bond motifs is 3. The molecule has 0 atom stereocenters. The first kappa shape index (κ1) is 37.3. The number of aryl methyl sites for hydroxylation is 4.